The molecule has 2 aromatic rings. The SMILES string of the molecule is CCN(Cc1ccc(C(=O)Nc2nc(C3CCNCC3)nn2C)cc1)C(C)C.Cl. The lowest BCUT2D eigenvalue weighted by molar-refractivity contribution is 0.102. The van der Waals surface area contributed by atoms with Crippen molar-refractivity contribution in [2.75, 3.05) is 25.0 Å². The van der Waals surface area contributed by atoms with E-state index in [1.54, 1.807) is 4.68 Å². The van der Waals surface area contributed by atoms with Gasteiger partial charge in [-0.1, -0.05) is 19.1 Å². The Labute approximate surface area is 179 Å². The Bertz CT molecular complexity index is 783. The molecule has 2 heterocycles. The van der Waals surface area contributed by atoms with E-state index in [2.05, 4.69) is 46.4 Å². The minimum atomic E-state index is -0.157. The summed E-state index contributed by atoms with van der Waals surface area (Å²) in [7, 11) is 1.82. The molecule has 160 valence electrons. The van der Waals surface area contributed by atoms with Gasteiger partial charge in [0, 0.05) is 31.1 Å². The van der Waals surface area contributed by atoms with Gasteiger partial charge in [-0.25, -0.2) is 4.68 Å². The maximum atomic E-state index is 12.6. The summed E-state index contributed by atoms with van der Waals surface area (Å²) in [4.78, 5) is 19.6. The second kappa shape index (κ2) is 10.7. The highest BCUT2D eigenvalue weighted by Crippen LogP contribution is 2.23. The van der Waals surface area contributed by atoms with Crippen molar-refractivity contribution in [2.24, 2.45) is 7.05 Å². The minimum Gasteiger partial charge on any atom is -0.317 e. The van der Waals surface area contributed by atoms with Gasteiger partial charge in [0.15, 0.2) is 5.82 Å². The fourth-order valence-electron chi connectivity index (χ4n) is 3.60. The number of aryl methyl sites for hydroxylation is 1. The van der Waals surface area contributed by atoms with E-state index in [0.29, 0.717) is 23.5 Å². The number of hydrogen-bond acceptors (Lipinski definition) is 5. The first-order valence-corrected chi connectivity index (χ1v) is 10.2. The van der Waals surface area contributed by atoms with E-state index < -0.39 is 0 Å². The van der Waals surface area contributed by atoms with Gasteiger partial charge in [0.05, 0.1) is 0 Å². The number of amides is 1. The number of anilines is 1. The second-order valence-corrected chi connectivity index (χ2v) is 7.75. The Morgan fingerprint density at radius 3 is 2.52 bits per heavy atom. The third-order valence-corrected chi connectivity index (χ3v) is 5.45. The number of carbonyl (C=O) groups excluding carboxylic acids is 1. The van der Waals surface area contributed by atoms with Gasteiger partial charge in [0.2, 0.25) is 5.95 Å². The lowest BCUT2D eigenvalue weighted by Gasteiger charge is -2.24. The van der Waals surface area contributed by atoms with E-state index in [1.165, 1.54) is 5.56 Å². The first-order valence-electron chi connectivity index (χ1n) is 10.2. The third kappa shape index (κ3) is 6.01. The van der Waals surface area contributed by atoms with Gasteiger partial charge in [-0.2, -0.15) is 10.1 Å². The van der Waals surface area contributed by atoms with Gasteiger partial charge in [-0.3, -0.25) is 15.0 Å². The molecule has 1 aliphatic rings. The van der Waals surface area contributed by atoms with E-state index in [9.17, 15) is 4.79 Å². The molecular formula is C21H33ClN6O. The molecule has 8 heteroatoms. The van der Waals surface area contributed by atoms with Crippen LogP contribution in [0.1, 0.15) is 61.3 Å². The highest BCUT2D eigenvalue weighted by atomic mass is 35.5. The Balaban J connectivity index is 0.00000300. The summed E-state index contributed by atoms with van der Waals surface area (Å²) in [6.45, 7) is 10.4. The number of piperidine rings is 1. The number of aromatic nitrogens is 3. The van der Waals surface area contributed by atoms with Crippen LogP contribution in [0.3, 0.4) is 0 Å². The van der Waals surface area contributed by atoms with Crippen molar-refractivity contribution in [3.8, 4) is 0 Å². The van der Waals surface area contributed by atoms with Crippen LogP contribution in [0.15, 0.2) is 24.3 Å². The number of nitrogens with one attached hydrogen (secondary N) is 2. The monoisotopic (exact) mass is 420 g/mol. The number of rotatable bonds is 7. The smallest absolute Gasteiger partial charge is 0.258 e. The van der Waals surface area contributed by atoms with Gasteiger partial charge in [-0.05, 0) is 64.0 Å². The second-order valence-electron chi connectivity index (χ2n) is 7.75. The zero-order valence-corrected chi connectivity index (χ0v) is 18.6. The summed E-state index contributed by atoms with van der Waals surface area (Å²) in [6.07, 6.45) is 2.06. The minimum absolute atomic E-state index is 0. The van der Waals surface area contributed by atoms with Crippen molar-refractivity contribution < 1.29 is 4.79 Å². The van der Waals surface area contributed by atoms with Crippen molar-refractivity contribution in [3.63, 3.8) is 0 Å². The highest BCUT2D eigenvalue weighted by molar-refractivity contribution is 6.03. The predicted molar refractivity (Wildman–Crippen MR) is 119 cm³/mol. The largest absolute Gasteiger partial charge is 0.317 e. The van der Waals surface area contributed by atoms with Gasteiger partial charge in [0.1, 0.15) is 0 Å². The topological polar surface area (TPSA) is 75.1 Å². The van der Waals surface area contributed by atoms with Crippen LogP contribution < -0.4 is 10.6 Å². The number of halogens is 1. The molecule has 1 fully saturated rings. The molecule has 0 saturated carbocycles. The molecule has 1 aromatic heterocycles. The van der Waals surface area contributed by atoms with E-state index in [-0.39, 0.29) is 18.3 Å². The highest BCUT2D eigenvalue weighted by Gasteiger charge is 2.21. The lowest BCUT2D eigenvalue weighted by Crippen LogP contribution is -2.29. The van der Waals surface area contributed by atoms with Crippen LogP contribution in [-0.4, -0.2) is 51.2 Å². The van der Waals surface area contributed by atoms with Crippen LogP contribution >= 0.6 is 12.4 Å². The van der Waals surface area contributed by atoms with Gasteiger partial charge in [0.25, 0.3) is 5.91 Å². The van der Waals surface area contributed by atoms with Crippen LogP contribution in [0.2, 0.25) is 0 Å². The van der Waals surface area contributed by atoms with E-state index in [1.807, 2.05) is 31.3 Å². The lowest BCUT2D eigenvalue weighted by atomic mass is 9.98. The number of hydrogen-bond donors (Lipinski definition) is 2. The zero-order chi connectivity index (χ0) is 20.1. The molecule has 29 heavy (non-hydrogen) atoms. The molecule has 3 rings (SSSR count). The van der Waals surface area contributed by atoms with Crippen LogP contribution in [0, 0.1) is 0 Å². The summed E-state index contributed by atoms with van der Waals surface area (Å²) in [5.41, 5.74) is 1.83. The van der Waals surface area contributed by atoms with Crippen LogP contribution in [-0.2, 0) is 13.6 Å². The average Bonchev–Trinajstić information content (AvgIpc) is 3.07. The predicted octanol–water partition coefficient (Wildman–Crippen LogP) is 3.19. The Kier molecular flexibility index (Phi) is 8.61. The molecular weight excluding hydrogens is 388 g/mol. The normalized spacial score (nSPS) is 14.8. The first kappa shape index (κ1) is 23.3. The van der Waals surface area contributed by atoms with Gasteiger partial charge < -0.3 is 5.32 Å². The molecule has 1 aliphatic heterocycles. The fourth-order valence-corrected chi connectivity index (χ4v) is 3.60. The molecule has 0 aliphatic carbocycles. The molecule has 0 bridgehead atoms. The molecule has 2 N–H and O–H groups in total. The van der Waals surface area contributed by atoms with Gasteiger partial charge >= 0.3 is 0 Å². The Morgan fingerprint density at radius 2 is 1.93 bits per heavy atom. The molecule has 0 unspecified atom stereocenters. The van der Waals surface area contributed by atoms with Gasteiger partial charge in [-0.15, -0.1) is 12.4 Å². The third-order valence-electron chi connectivity index (χ3n) is 5.45. The fraction of sp³-hybridized carbons (Fsp3) is 0.571. The molecule has 0 atom stereocenters. The zero-order valence-electron chi connectivity index (χ0n) is 17.8. The van der Waals surface area contributed by atoms with Crippen molar-refractivity contribution >= 4 is 24.3 Å². The first-order chi connectivity index (χ1) is 13.5. The number of nitrogens with zero attached hydrogens (tertiary/aromatic N) is 4. The summed E-state index contributed by atoms with van der Waals surface area (Å²) < 4.78 is 1.66. The molecule has 1 saturated heterocycles. The van der Waals surface area contributed by atoms with Crippen molar-refractivity contribution in [3.05, 3.63) is 41.2 Å². The van der Waals surface area contributed by atoms with Crippen molar-refractivity contribution in [1.29, 1.82) is 0 Å². The summed E-state index contributed by atoms with van der Waals surface area (Å²) >= 11 is 0. The summed E-state index contributed by atoms with van der Waals surface area (Å²) in [5.74, 6) is 1.53. The van der Waals surface area contributed by atoms with E-state index in [0.717, 1.165) is 44.8 Å². The maximum absolute atomic E-state index is 12.6. The maximum Gasteiger partial charge on any atom is 0.258 e. The van der Waals surface area contributed by atoms with Crippen molar-refractivity contribution in [1.82, 2.24) is 25.0 Å². The number of carbonyl (C=O) groups is 1. The Hall–Kier alpha value is -1.96. The summed E-state index contributed by atoms with van der Waals surface area (Å²) in [5, 5.41) is 10.8. The number of benzene rings is 1. The Morgan fingerprint density at radius 1 is 1.28 bits per heavy atom. The van der Waals surface area contributed by atoms with Crippen LogP contribution in [0.5, 0.6) is 0 Å². The van der Waals surface area contributed by atoms with E-state index >= 15 is 0 Å². The van der Waals surface area contributed by atoms with Crippen LogP contribution in [0.25, 0.3) is 0 Å². The molecule has 1 aromatic carbocycles. The standard InChI is InChI=1S/C21H32N6O.ClH/c1-5-27(15(2)3)14-16-6-8-18(9-7-16)20(28)24-21-23-19(25-26(21)4)17-10-12-22-13-11-17;/h6-9,15,17,22H,5,10-14H2,1-4H3,(H,23,24,25,28);1H. The van der Waals surface area contributed by atoms with Crippen molar-refractivity contribution in [2.45, 2.75) is 52.1 Å². The summed E-state index contributed by atoms with van der Waals surface area (Å²) in [6, 6.07) is 8.30. The molecule has 1 amide bonds. The van der Waals surface area contributed by atoms with Crippen LogP contribution in [0.4, 0.5) is 5.95 Å². The molecule has 0 spiro atoms. The molecule has 7 nitrogen and oxygen atoms in total. The quantitative estimate of drug-likeness (QED) is 0.719. The molecule has 0 radical (unpaired) electrons. The average molecular weight is 421 g/mol. The van der Waals surface area contributed by atoms with E-state index in [4.69, 9.17) is 0 Å².